The first-order chi connectivity index (χ1) is 28.3. The molecule has 1 aliphatic rings. The van der Waals surface area contributed by atoms with Crippen LogP contribution < -0.4 is 20.7 Å². The minimum Gasteiger partial charge on any atom is -0.278 e. The fourth-order valence-corrected chi connectivity index (χ4v) is 14.5. The van der Waals surface area contributed by atoms with Crippen molar-refractivity contribution in [3.8, 4) is 34.4 Å². The van der Waals surface area contributed by atoms with E-state index in [1.165, 1.54) is 20.7 Å². The monoisotopic (exact) mass is 745 g/mol. The third kappa shape index (κ3) is 4.50. The van der Waals surface area contributed by atoms with Gasteiger partial charge in [0.05, 0.1) is 22.1 Å². The summed E-state index contributed by atoms with van der Waals surface area (Å²) in [5.74, 6) is 1.72. The van der Waals surface area contributed by atoms with E-state index in [1.807, 2.05) is 24.8 Å². The molecule has 7 nitrogen and oxygen atoms in total. The average molecular weight is 746 g/mol. The summed E-state index contributed by atoms with van der Waals surface area (Å²) in [6.45, 7) is 0. The van der Waals surface area contributed by atoms with Crippen molar-refractivity contribution in [3.63, 3.8) is 0 Å². The lowest BCUT2D eigenvalue weighted by Gasteiger charge is -2.31. The van der Waals surface area contributed by atoms with Crippen LogP contribution in [0.15, 0.2) is 189 Å². The van der Waals surface area contributed by atoms with Crippen LogP contribution in [0, 0.1) is 0 Å². The lowest BCUT2D eigenvalue weighted by atomic mass is 10.1. The Morgan fingerprint density at radius 1 is 0.386 bits per heavy atom. The molecule has 0 N–H and O–H groups in total. The van der Waals surface area contributed by atoms with E-state index in [1.54, 1.807) is 0 Å². The lowest BCUT2D eigenvalue weighted by molar-refractivity contribution is 0.893. The maximum atomic E-state index is 5.39. The Balaban J connectivity index is 1.16. The van der Waals surface area contributed by atoms with Gasteiger partial charge in [-0.3, -0.25) is 19.1 Å². The van der Waals surface area contributed by atoms with E-state index in [2.05, 4.69) is 183 Å². The molecule has 6 heterocycles. The number of nitrogens with zero attached hydrogens (tertiary/aromatic N) is 7. The minimum absolute atomic E-state index is 0.559. The van der Waals surface area contributed by atoms with Crippen LogP contribution in [0.2, 0.25) is 0 Å². The van der Waals surface area contributed by atoms with E-state index in [-0.39, 0.29) is 0 Å². The van der Waals surface area contributed by atoms with Gasteiger partial charge in [0.1, 0.15) is 0 Å². The van der Waals surface area contributed by atoms with Crippen molar-refractivity contribution in [1.82, 2.24) is 34.1 Å². The fraction of sp³-hybridized carbons (Fsp3) is 0. The Bertz CT molecular complexity index is 3100. The first-order valence-electron chi connectivity index (χ1n) is 19.1. The van der Waals surface area contributed by atoms with Gasteiger partial charge in [-0.15, -0.1) is 0 Å². The molecule has 0 saturated heterocycles. The van der Waals surface area contributed by atoms with Gasteiger partial charge in [0, 0.05) is 63.0 Å². The van der Waals surface area contributed by atoms with E-state index >= 15 is 0 Å². The summed E-state index contributed by atoms with van der Waals surface area (Å²) in [6, 6.07) is 58.2. The zero-order chi connectivity index (χ0) is 37.5. The van der Waals surface area contributed by atoms with Gasteiger partial charge in [-0.25, -0.2) is 0 Å². The molecule has 0 radical (unpaired) electrons. The van der Waals surface area contributed by atoms with Gasteiger partial charge < -0.3 is 0 Å². The normalized spacial score (nSPS) is 13.1. The molecule has 6 aromatic carbocycles. The van der Waals surface area contributed by atoms with Crippen LogP contribution in [0.5, 0.6) is 0 Å². The summed E-state index contributed by atoms with van der Waals surface area (Å²) in [5.41, 5.74) is 7.35. The molecule has 5 aromatic heterocycles. The molecule has 1 aliphatic heterocycles. The van der Waals surface area contributed by atoms with Gasteiger partial charge in [0.2, 0.25) is 11.9 Å². The molecule has 0 bridgehead atoms. The number of aromatic nitrogens is 7. The Morgan fingerprint density at radius 3 is 1.32 bits per heavy atom. The molecule has 11 aromatic rings. The quantitative estimate of drug-likeness (QED) is 0.168. The van der Waals surface area contributed by atoms with Crippen LogP contribution >= 0.6 is 0 Å². The molecule has 266 valence electrons. The minimum atomic E-state index is -2.83. The van der Waals surface area contributed by atoms with E-state index in [0.29, 0.717) is 17.7 Å². The maximum Gasteiger partial charge on any atom is 0.240 e. The van der Waals surface area contributed by atoms with Gasteiger partial charge in [-0.05, 0) is 57.1 Å². The second-order valence-electron chi connectivity index (χ2n) is 14.5. The van der Waals surface area contributed by atoms with Crippen molar-refractivity contribution in [2.24, 2.45) is 0 Å². The number of benzene rings is 6. The molecule has 0 spiro atoms. The highest BCUT2D eigenvalue weighted by molar-refractivity contribution is 7.22. The summed E-state index contributed by atoms with van der Waals surface area (Å²) in [5, 5.41) is 9.73. The number of fused-ring (bicyclic) bond motifs is 9. The second kappa shape index (κ2) is 12.2. The average Bonchev–Trinajstić information content (AvgIpc) is 3.91. The number of hydrogen-bond acceptors (Lipinski definition) is 5. The Kier molecular flexibility index (Phi) is 6.81. The third-order valence-corrected chi connectivity index (χ3v) is 16.5. The highest BCUT2D eigenvalue weighted by Gasteiger charge is 2.49. The van der Waals surface area contributed by atoms with Gasteiger partial charge >= 0.3 is 0 Å². The zero-order valence-electron chi connectivity index (χ0n) is 30.5. The first kappa shape index (κ1) is 31.8. The van der Waals surface area contributed by atoms with Crippen molar-refractivity contribution in [2.75, 3.05) is 0 Å². The molecule has 0 unspecified atom stereocenters. The standard InChI is InChI=1S/C49H31N7Si/c1-2-14-33(15-3-1)57(45-25-27-50-30-39(45)40-31-51-28-26-46(40)57)34-16-12-13-32(29-34)47-52-48(55-41-21-8-4-17-35(41)36-18-5-9-22-42(36)55)54-49(53-47)56-43-23-10-6-19-37(43)38-20-7-11-24-44(38)56/h1-31H. The molecule has 0 fully saturated rings. The van der Waals surface area contributed by atoms with Crippen molar-refractivity contribution in [3.05, 3.63) is 189 Å². The van der Waals surface area contributed by atoms with Crippen LogP contribution in [0.1, 0.15) is 0 Å². The topological polar surface area (TPSA) is 74.3 Å². The van der Waals surface area contributed by atoms with Gasteiger partial charge in [0.15, 0.2) is 13.9 Å². The van der Waals surface area contributed by atoms with Crippen LogP contribution in [0.4, 0.5) is 0 Å². The molecule has 0 amide bonds. The molecule has 0 saturated carbocycles. The maximum absolute atomic E-state index is 5.39. The van der Waals surface area contributed by atoms with Crippen LogP contribution in [0.25, 0.3) is 78.0 Å². The smallest absolute Gasteiger partial charge is 0.240 e. The summed E-state index contributed by atoms with van der Waals surface area (Å²) in [7, 11) is -2.83. The second-order valence-corrected chi connectivity index (χ2v) is 18.3. The SMILES string of the molecule is c1ccc([Si]2(c3cccc(-c4nc(-n5c6ccccc6c6ccccc65)nc(-n5c6ccccc6c6ccccc65)n4)c3)c3ccncc3-c3cnccc32)cc1. The first-order valence-corrected chi connectivity index (χ1v) is 21.1. The van der Waals surface area contributed by atoms with E-state index in [4.69, 9.17) is 15.0 Å². The van der Waals surface area contributed by atoms with E-state index in [9.17, 15) is 0 Å². The number of rotatable bonds is 5. The van der Waals surface area contributed by atoms with Crippen molar-refractivity contribution in [1.29, 1.82) is 0 Å². The highest BCUT2D eigenvalue weighted by atomic mass is 28.3. The number of para-hydroxylation sites is 4. The van der Waals surface area contributed by atoms with Gasteiger partial charge in [-0.1, -0.05) is 127 Å². The number of hydrogen-bond donors (Lipinski definition) is 0. The van der Waals surface area contributed by atoms with E-state index < -0.39 is 8.07 Å². The lowest BCUT2D eigenvalue weighted by Crippen LogP contribution is -2.72. The molecule has 0 atom stereocenters. The molecule has 8 heteroatoms. The summed E-state index contributed by atoms with van der Waals surface area (Å²) in [6.07, 6.45) is 7.85. The Hall–Kier alpha value is -7.55. The Labute approximate surface area is 328 Å². The molecular formula is C49H31N7Si. The van der Waals surface area contributed by atoms with Crippen molar-refractivity contribution < 1.29 is 0 Å². The van der Waals surface area contributed by atoms with Gasteiger partial charge in [0.25, 0.3) is 0 Å². The number of pyridine rings is 2. The largest absolute Gasteiger partial charge is 0.278 e. The molecular weight excluding hydrogens is 715 g/mol. The Morgan fingerprint density at radius 2 is 0.825 bits per heavy atom. The van der Waals surface area contributed by atoms with Gasteiger partial charge in [-0.2, -0.15) is 15.0 Å². The van der Waals surface area contributed by atoms with Crippen molar-refractivity contribution >= 4 is 72.4 Å². The summed E-state index contributed by atoms with van der Waals surface area (Å²) >= 11 is 0. The van der Waals surface area contributed by atoms with Crippen LogP contribution in [-0.2, 0) is 0 Å². The summed E-state index contributed by atoms with van der Waals surface area (Å²) in [4.78, 5) is 25.3. The zero-order valence-corrected chi connectivity index (χ0v) is 31.5. The predicted octanol–water partition coefficient (Wildman–Crippen LogP) is 7.88. The predicted molar refractivity (Wildman–Crippen MR) is 232 cm³/mol. The fourth-order valence-electron chi connectivity index (χ4n) is 9.34. The van der Waals surface area contributed by atoms with Crippen LogP contribution in [0.3, 0.4) is 0 Å². The highest BCUT2D eigenvalue weighted by Crippen LogP contribution is 2.35. The molecule has 12 rings (SSSR count). The van der Waals surface area contributed by atoms with Crippen molar-refractivity contribution in [2.45, 2.75) is 0 Å². The van der Waals surface area contributed by atoms with E-state index in [0.717, 1.165) is 60.3 Å². The van der Waals surface area contributed by atoms with Crippen LogP contribution in [-0.4, -0.2) is 42.1 Å². The molecule has 0 aliphatic carbocycles. The summed E-state index contributed by atoms with van der Waals surface area (Å²) < 4.78 is 4.36. The third-order valence-electron chi connectivity index (χ3n) is 11.7. The molecule has 57 heavy (non-hydrogen) atoms.